The van der Waals surface area contributed by atoms with Crippen molar-refractivity contribution in [2.24, 2.45) is 5.10 Å². The Kier molecular flexibility index (Phi) is 7.43. The molecule has 6 nitrogen and oxygen atoms in total. The molecule has 0 fully saturated rings. The summed E-state index contributed by atoms with van der Waals surface area (Å²) < 4.78 is 10.7. The van der Waals surface area contributed by atoms with Gasteiger partial charge >= 0.3 is 5.97 Å². The Balaban J connectivity index is 1.51. The summed E-state index contributed by atoms with van der Waals surface area (Å²) in [5.74, 6) is -0.116. The number of amides is 1. The van der Waals surface area contributed by atoms with Crippen LogP contribution in [0.15, 0.2) is 77.9 Å². The number of carbonyl (C=O) groups is 2. The molecule has 0 atom stereocenters. The topological polar surface area (TPSA) is 77.0 Å². The molecule has 0 spiro atoms. The van der Waals surface area contributed by atoms with Gasteiger partial charge in [-0.2, -0.15) is 5.10 Å². The van der Waals surface area contributed by atoms with Crippen LogP contribution in [0.25, 0.3) is 0 Å². The van der Waals surface area contributed by atoms with Crippen molar-refractivity contribution in [3.63, 3.8) is 0 Å². The number of ether oxygens (including phenoxy) is 2. The number of halogens is 2. The van der Waals surface area contributed by atoms with Crippen molar-refractivity contribution in [2.45, 2.75) is 0 Å². The monoisotopic (exact) mass is 442 g/mol. The third-order valence-electron chi connectivity index (χ3n) is 3.72. The van der Waals surface area contributed by atoms with E-state index in [9.17, 15) is 9.59 Å². The summed E-state index contributed by atoms with van der Waals surface area (Å²) >= 11 is 11.7. The molecule has 3 aromatic carbocycles. The molecule has 3 rings (SSSR count). The summed E-state index contributed by atoms with van der Waals surface area (Å²) in [4.78, 5) is 24.0. The van der Waals surface area contributed by atoms with E-state index >= 15 is 0 Å². The first-order chi connectivity index (χ1) is 14.5. The fourth-order valence-corrected chi connectivity index (χ4v) is 2.63. The van der Waals surface area contributed by atoms with Gasteiger partial charge in [0.05, 0.1) is 11.8 Å². The minimum absolute atomic E-state index is 0.212. The Labute approximate surface area is 183 Å². The number of benzene rings is 3. The maximum Gasteiger partial charge on any atom is 0.343 e. The molecule has 1 N–H and O–H groups in total. The first-order valence-corrected chi connectivity index (χ1v) is 9.53. The summed E-state index contributed by atoms with van der Waals surface area (Å²) in [6, 6.07) is 19.8. The maximum absolute atomic E-state index is 12.2. The number of carbonyl (C=O) groups excluding carboxylic acids is 2. The number of hydrogen-bond acceptors (Lipinski definition) is 5. The van der Waals surface area contributed by atoms with Gasteiger partial charge in [-0.05, 0) is 60.2 Å². The third kappa shape index (κ3) is 6.62. The fraction of sp³-hybridized carbons (Fsp3) is 0.0455. The van der Waals surface area contributed by atoms with E-state index in [2.05, 4.69) is 10.5 Å². The van der Waals surface area contributed by atoms with E-state index in [0.29, 0.717) is 32.7 Å². The lowest BCUT2D eigenvalue weighted by Gasteiger charge is -2.06. The van der Waals surface area contributed by atoms with Crippen LogP contribution in [0.1, 0.15) is 15.9 Å². The highest BCUT2D eigenvalue weighted by molar-refractivity contribution is 6.31. The van der Waals surface area contributed by atoms with Crippen LogP contribution in [-0.2, 0) is 4.79 Å². The minimum atomic E-state index is -0.507. The van der Waals surface area contributed by atoms with E-state index in [0.717, 1.165) is 0 Å². The number of hydrazone groups is 1. The number of rotatable bonds is 7. The summed E-state index contributed by atoms with van der Waals surface area (Å²) in [7, 11) is 0. The van der Waals surface area contributed by atoms with E-state index < -0.39 is 11.9 Å². The van der Waals surface area contributed by atoms with Crippen LogP contribution in [0.3, 0.4) is 0 Å². The van der Waals surface area contributed by atoms with Gasteiger partial charge in [0, 0.05) is 10.0 Å². The van der Waals surface area contributed by atoms with Crippen molar-refractivity contribution >= 4 is 41.3 Å². The van der Waals surface area contributed by atoms with Crippen LogP contribution >= 0.6 is 23.2 Å². The van der Waals surface area contributed by atoms with Gasteiger partial charge in [0.25, 0.3) is 5.91 Å². The van der Waals surface area contributed by atoms with Crippen LogP contribution < -0.4 is 14.9 Å². The van der Waals surface area contributed by atoms with Crippen LogP contribution in [0.4, 0.5) is 0 Å². The van der Waals surface area contributed by atoms with Crippen molar-refractivity contribution in [2.75, 3.05) is 6.61 Å². The molecule has 0 aliphatic heterocycles. The zero-order valence-electron chi connectivity index (χ0n) is 15.5. The maximum atomic E-state index is 12.2. The van der Waals surface area contributed by atoms with Gasteiger partial charge in [-0.15, -0.1) is 0 Å². The highest BCUT2D eigenvalue weighted by Crippen LogP contribution is 2.17. The molecule has 0 aromatic heterocycles. The average molecular weight is 443 g/mol. The van der Waals surface area contributed by atoms with E-state index in [1.54, 1.807) is 72.8 Å². The number of esters is 1. The highest BCUT2D eigenvalue weighted by atomic mass is 35.5. The molecule has 0 saturated heterocycles. The summed E-state index contributed by atoms with van der Waals surface area (Å²) in [6.45, 7) is -0.212. The molecule has 0 saturated carbocycles. The molecule has 152 valence electrons. The van der Waals surface area contributed by atoms with Gasteiger partial charge in [0.2, 0.25) is 0 Å². The Hall–Kier alpha value is -3.35. The summed E-state index contributed by atoms with van der Waals surface area (Å²) in [5.41, 5.74) is 3.37. The lowest BCUT2D eigenvalue weighted by molar-refractivity contribution is -0.123. The molecule has 0 heterocycles. The standard InChI is InChI=1S/C22H16Cl2N2O4/c23-17-9-7-16(8-10-17)22(28)30-20-6-1-3-15(11-20)13-25-26-21(27)14-29-19-5-2-4-18(24)12-19/h1-13H,14H2,(H,26,27)/b25-13-. The highest BCUT2D eigenvalue weighted by Gasteiger charge is 2.08. The summed E-state index contributed by atoms with van der Waals surface area (Å²) in [5, 5.41) is 4.92. The van der Waals surface area contributed by atoms with Gasteiger partial charge < -0.3 is 9.47 Å². The van der Waals surface area contributed by atoms with Crippen molar-refractivity contribution in [3.8, 4) is 11.5 Å². The second-order valence-electron chi connectivity index (χ2n) is 6.01. The molecule has 0 unspecified atom stereocenters. The van der Waals surface area contributed by atoms with Crippen LogP contribution in [0.2, 0.25) is 10.0 Å². The largest absolute Gasteiger partial charge is 0.484 e. The first kappa shape index (κ1) is 21.4. The number of nitrogens with one attached hydrogen (secondary N) is 1. The quantitative estimate of drug-likeness (QED) is 0.248. The second kappa shape index (κ2) is 10.4. The number of hydrogen-bond donors (Lipinski definition) is 1. The lowest BCUT2D eigenvalue weighted by Crippen LogP contribution is -2.24. The Morgan fingerprint density at radius 2 is 1.63 bits per heavy atom. The van der Waals surface area contributed by atoms with Gasteiger partial charge in [-0.3, -0.25) is 4.79 Å². The van der Waals surface area contributed by atoms with Crippen molar-refractivity contribution in [1.29, 1.82) is 0 Å². The van der Waals surface area contributed by atoms with E-state index in [1.807, 2.05) is 0 Å². The molecule has 30 heavy (non-hydrogen) atoms. The van der Waals surface area contributed by atoms with Crippen LogP contribution in [-0.4, -0.2) is 24.7 Å². The van der Waals surface area contributed by atoms with Gasteiger partial charge in [-0.25, -0.2) is 10.2 Å². The van der Waals surface area contributed by atoms with E-state index in [-0.39, 0.29) is 6.61 Å². The molecule has 0 radical (unpaired) electrons. The Morgan fingerprint density at radius 3 is 2.40 bits per heavy atom. The average Bonchev–Trinajstić information content (AvgIpc) is 2.73. The Bertz CT molecular complexity index is 1070. The van der Waals surface area contributed by atoms with Gasteiger partial charge in [0.1, 0.15) is 11.5 Å². The summed E-state index contributed by atoms with van der Waals surface area (Å²) in [6.07, 6.45) is 1.43. The molecule has 0 bridgehead atoms. The molecular weight excluding hydrogens is 427 g/mol. The zero-order valence-corrected chi connectivity index (χ0v) is 17.1. The minimum Gasteiger partial charge on any atom is -0.484 e. The molecule has 1 amide bonds. The van der Waals surface area contributed by atoms with Crippen LogP contribution in [0, 0.1) is 0 Å². The number of nitrogens with zero attached hydrogens (tertiary/aromatic N) is 1. The van der Waals surface area contributed by atoms with E-state index in [4.69, 9.17) is 32.7 Å². The molecular formula is C22H16Cl2N2O4. The van der Waals surface area contributed by atoms with Crippen LogP contribution in [0.5, 0.6) is 11.5 Å². The predicted octanol–water partition coefficient (Wildman–Crippen LogP) is 4.74. The zero-order chi connectivity index (χ0) is 21.3. The van der Waals surface area contributed by atoms with E-state index in [1.165, 1.54) is 6.21 Å². The third-order valence-corrected chi connectivity index (χ3v) is 4.20. The lowest BCUT2D eigenvalue weighted by atomic mass is 10.2. The van der Waals surface area contributed by atoms with Crippen molar-refractivity contribution in [3.05, 3.63) is 94.0 Å². The first-order valence-electron chi connectivity index (χ1n) is 8.78. The smallest absolute Gasteiger partial charge is 0.343 e. The van der Waals surface area contributed by atoms with Crippen molar-refractivity contribution in [1.82, 2.24) is 5.43 Å². The van der Waals surface area contributed by atoms with Gasteiger partial charge in [-0.1, -0.05) is 41.4 Å². The molecule has 8 heteroatoms. The Morgan fingerprint density at radius 1 is 0.900 bits per heavy atom. The van der Waals surface area contributed by atoms with Crippen molar-refractivity contribution < 1.29 is 19.1 Å². The fourth-order valence-electron chi connectivity index (χ4n) is 2.33. The second-order valence-corrected chi connectivity index (χ2v) is 6.88. The predicted molar refractivity (Wildman–Crippen MR) is 116 cm³/mol. The van der Waals surface area contributed by atoms with Gasteiger partial charge in [0.15, 0.2) is 6.61 Å². The molecule has 0 aliphatic carbocycles. The SMILES string of the molecule is O=C(COc1cccc(Cl)c1)N/N=C\c1cccc(OC(=O)c2ccc(Cl)cc2)c1. The molecule has 3 aromatic rings. The molecule has 0 aliphatic rings. The normalized spacial score (nSPS) is 10.6.